The fraction of sp³-hybridized carbons (Fsp3) is 0.412. The van der Waals surface area contributed by atoms with Gasteiger partial charge in [-0.3, -0.25) is 0 Å². The molecule has 26 heavy (non-hydrogen) atoms. The van der Waals surface area contributed by atoms with Crippen molar-refractivity contribution < 1.29 is 18.3 Å². The highest BCUT2D eigenvalue weighted by atomic mass is 35.5. The molecule has 2 rings (SSSR count). The lowest BCUT2D eigenvalue weighted by Crippen LogP contribution is -2.30. The molecule has 3 N–H and O–H groups in total. The molecular weight excluding hydrogens is 369 g/mol. The molecule has 1 aromatic heterocycles. The van der Waals surface area contributed by atoms with Gasteiger partial charge < -0.3 is 15.7 Å². The third kappa shape index (κ3) is 5.22. The van der Waals surface area contributed by atoms with Crippen molar-refractivity contribution in [1.29, 1.82) is 0 Å². The van der Waals surface area contributed by atoms with Gasteiger partial charge in [-0.05, 0) is 36.6 Å². The summed E-state index contributed by atoms with van der Waals surface area (Å²) in [6.45, 7) is 5.20. The Morgan fingerprint density at radius 2 is 1.88 bits per heavy atom. The molecule has 1 atom stereocenters. The van der Waals surface area contributed by atoms with E-state index in [0.29, 0.717) is 10.7 Å². The van der Waals surface area contributed by atoms with Gasteiger partial charge in [0.1, 0.15) is 5.82 Å². The number of aryl methyl sites for hydroxylation is 1. The van der Waals surface area contributed by atoms with Crippen molar-refractivity contribution >= 4 is 29.1 Å². The first-order chi connectivity index (χ1) is 12.1. The standard InChI is InChI=1S/C17H20ClF3N4O/c1-9(2)13(8-26)23-16-24-14(17(19,20)21)7-15(25-16)22-11-4-5-12(18)10(3)6-11/h4-7,9,13,26H,8H2,1-3H3,(H2,22,23,24,25)/t13-/m1/s1. The maximum absolute atomic E-state index is 13.2. The smallest absolute Gasteiger partial charge is 0.394 e. The highest BCUT2D eigenvalue weighted by Gasteiger charge is 2.34. The fourth-order valence-electron chi connectivity index (χ4n) is 2.18. The summed E-state index contributed by atoms with van der Waals surface area (Å²) in [6.07, 6.45) is -4.63. The number of benzene rings is 1. The van der Waals surface area contributed by atoms with Crippen LogP contribution in [0.15, 0.2) is 24.3 Å². The first-order valence-electron chi connectivity index (χ1n) is 7.97. The van der Waals surface area contributed by atoms with Crippen LogP contribution in [0.25, 0.3) is 0 Å². The summed E-state index contributed by atoms with van der Waals surface area (Å²) in [6, 6.07) is 5.35. The van der Waals surface area contributed by atoms with Crippen molar-refractivity contribution in [2.24, 2.45) is 5.92 Å². The molecule has 0 aliphatic rings. The number of nitrogens with one attached hydrogen (secondary N) is 2. The van der Waals surface area contributed by atoms with E-state index in [9.17, 15) is 18.3 Å². The van der Waals surface area contributed by atoms with Crippen molar-refractivity contribution in [2.45, 2.75) is 33.0 Å². The Kier molecular flexibility index (Phi) is 6.30. The number of aromatic nitrogens is 2. The summed E-state index contributed by atoms with van der Waals surface area (Å²) in [7, 11) is 0. The van der Waals surface area contributed by atoms with Gasteiger partial charge in [0, 0.05) is 16.8 Å². The number of hydrogen-bond donors (Lipinski definition) is 3. The molecule has 0 radical (unpaired) electrons. The molecule has 0 unspecified atom stereocenters. The molecule has 1 aromatic carbocycles. The normalized spacial score (nSPS) is 13.0. The molecule has 5 nitrogen and oxygen atoms in total. The molecule has 0 saturated carbocycles. The Bertz CT molecular complexity index is 768. The van der Waals surface area contributed by atoms with E-state index in [1.54, 1.807) is 25.1 Å². The number of aliphatic hydroxyl groups is 1. The molecule has 2 aromatic rings. The first kappa shape index (κ1) is 20.3. The van der Waals surface area contributed by atoms with Gasteiger partial charge in [0.2, 0.25) is 5.95 Å². The van der Waals surface area contributed by atoms with Crippen molar-refractivity contribution in [3.05, 3.63) is 40.5 Å². The monoisotopic (exact) mass is 388 g/mol. The number of rotatable bonds is 6. The molecular formula is C17H20ClF3N4O. The molecule has 0 saturated heterocycles. The van der Waals surface area contributed by atoms with E-state index in [4.69, 9.17) is 11.6 Å². The molecule has 0 bridgehead atoms. The van der Waals surface area contributed by atoms with Gasteiger partial charge in [-0.1, -0.05) is 25.4 Å². The van der Waals surface area contributed by atoms with Crippen molar-refractivity contribution in [3.63, 3.8) is 0 Å². The van der Waals surface area contributed by atoms with Crippen LogP contribution in [0.1, 0.15) is 25.1 Å². The van der Waals surface area contributed by atoms with Gasteiger partial charge in [-0.25, -0.2) is 4.98 Å². The zero-order valence-corrected chi connectivity index (χ0v) is 15.3. The summed E-state index contributed by atoms with van der Waals surface area (Å²) >= 11 is 5.96. The Hall–Kier alpha value is -2.06. The predicted octanol–water partition coefficient (Wildman–Crippen LogP) is 4.63. The second-order valence-electron chi connectivity index (χ2n) is 6.23. The van der Waals surface area contributed by atoms with Gasteiger partial charge in [-0.2, -0.15) is 18.2 Å². The van der Waals surface area contributed by atoms with Crippen LogP contribution < -0.4 is 10.6 Å². The molecule has 1 heterocycles. The Morgan fingerprint density at radius 1 is 1.19 bits per heavy atom. The maximum atomic E-state index is 13.2. The largest absolute Gasteiger partial charge is 0.433 e. The van der Waals surface area contributed by atoms with Crippen LogP contribution in [0.4, 0.5) is 30.6 Å². The van der Waals surface area contributed by atoms with Gasteiger partial charge in [-0.15, -0.1) is 0 Å². The van der Waals surface area contributed by atoms with E-state index in [2.05, 4.69) is 20.6 Å². The minimum Gasteiger partial charge on any atom is -0.394 e. The Labute approximate surface area is 154 Å². The van der Waals surface area contributed by atoms with Crippen LogP contribution in [-0.4, -0.2) is 27.7 Å². The third-order valence-corrected chi connectivity index (χ3v) is 4.19. The molecule has 0 fully saturated rings. The molecule has 0 aliphatic heterocycles. The van der Waals surface area contributed by atoms with Gasteiger partial charge in [0.25, 0.3) is 0 Å². The quantitative estimate of drug-likeness (QED) is 0.673. The average molecular weight is 389 g/mol. The lowest BCUT2D eigenvalue weighted by molar-refractivity contribution is -0.141. The lowest BCUT2D eigenvalue weighted by atomic mass is 10.1. The second kappa shape index (κ2) is 8.09. The number of aliphatic hydroxyl groups excluding tert-OH is 1. The highest BCUT2D eigenvalue weighted by Crippen LogP contribution is 2.31. The van der Waals surface area contributed by atoms with E-state index in [1.165, 1.54) is 0 Å². The van der Waals surface area contributed by atoms with Crippen LogP contribution in [0.3, 0.4) is 0 Å². The summed E-state index contributed by atoms with van der Waals surface area (Å²) in [5.41, 5.74) is 0.246. The first-order valence-corrected chi connectivity index (χ1v) is 8.34. The highest BCUT2D eigenvalue weighted by molar-refractivity contribution is 6.31. The molecule has 0 spiro atoms. The van der Waals surface area contributed by atoms with E-state index in [0.717, 1.165) is 11.6 Å². The minimum absolute atomic E-state index is 0.0167. The van der Waals surface area contributed by atoms with Gasteiger partial charge in [0.15, 0.2) is 5.69 Å². The molecule has 0 aliphatic carbocycles. The maximum Gasteiger partial charge on any atom is 0.433 e. The van der Waals surface area contributed by atoms with E-state index in [1.807, 2.05) is 13.8 Å². The van der Waals surface area contributed by atoms with Crippen molar-refractivity contribution in [3.8, 4) is 0 Å². The number of halogens is 4. The van der Waals surface area contributed by atoms with Crippen LogP contribution in [-0.2, 0) is 6.18 Å². The topological polar surface area (TPSA) is 70.1 Å². The lowest BCUT2D eigenvalue weighted by Gasteiger charge is -2.21. The van der Waals surface area contributed by atoms with Crippen molar-refractivity contribution in [2.75, 3.05) is 17.2 Å². The number of nitrogens with zero attached hydrogens (tertiary/aromatic N) is 2. The van der Waals surface area contributed by atoms with Crippen LogP contribution in [0.2, 0.25) is 5.02 Å². The summed E-state index contributed by atoms with van der Waals surface area (Å²) in [5, 5.41) is 15.5. The summed E-state index contributed by atoms with van der Waals surface area (Å²) in [5.74, 6) is -0.244. The molecule has 142 valence electrons. The van der Waals surface area contributed by atoms with Crippen LogP contribution in [0.5, 0.6) is 0 Å². The summed E-state index contributed by atoms with van der Waals surface area (Å²) < 4.78 is 39.5. The van der Waals surface area contributed by atoms with E-state index < -0.39 is 17.9 Å². The zero-order chi connectivity index (χ0) is 19.5. The minimum atomic E-state index is -4.63. The number of alkyl halides is 3. The SMILES string of the molecule is Cc1cc(Nc2cc(C(F)(F)F)nc(N[C@H](CO)C(C)C)n2)ccc1Cl. The predicted molar refractivity (Wildman–Crippen MR) is 95.8 cm³/mol. The van der Waals surface area contributed by atoms with Crippen LogP contribution >= 0.6 is 11.6 Å². The van der Waals surface area contributed by atoms with Crippen LogP contribution in [0, 0.1) is 12.8 Å². The fourth-order valence-corrected chi connectivity index (χ4v) is 2.30. The Morgan fingerprint density at radius 3 is 2.42 bits per heavy atom. The third-order valence-electron chi connectivity index (χ3n) is 3.76. The number of anilines is 3. The van der Waals surface area contributed by atoms with Gasteiger partial charge >= 0.3 is 6.18 Å². The zero-order valence-electron chi connectivity index (χ0n) is 14.5. The number of hydrogen-bond acceptors (Lipinski definition) is 5. The summed E-state index contributed by atoms with van der Waals surface area (Å²) in [4.78, 5) is 7.62. The van der Waals surface area contributed by atoms with Gasteiger partial charge in [0.05, 0.1) is 12.6 Å². The van der Waals surface area contributed by atoms with E-state index in [-0.39, 0.29) is 24.3 Å². The molecule has 9 heteroatoms. The second-order valence-corrected chi connectivity index (χ2v) is 6.63. The van der Waals surface area contributed by atoms with E-state index >= 15 is 0 Å². The average Bonchev–Trinajstić information content (AvgIpc) is 2.55. The molecule has 0 amide bonds. The van der Waals surface area contributed by atoms with Crippen molar-refractivity contribution in [1.82, 2.24) is 9.97 Å². The Balaban J connectivity index is 2.38.